The van der Waals surface area contributed by atoms with Crippen molar-refractivity contribution in [1.82, 2.24) is 5.32 Å². The van der Waals surface area contributed by atoms with E-state index >= 15 is 0 Å². The predicted octanol–water partition coefficient (Wildman–Crippen LogP) is 3.47. The van der Waals surface area contributed by atoms with Gasteiger partial charge in [-0.25, -0.2) is 0 Å². The Morgan fingerprint density at radius 2 is 1.74 bits per heavy atom. The van der Waals surface area contributed by atoms with Gasteiger partial charge in [-0.15, -0.1) is 0 Å². The minimum absolute atomic E-state index is 0.270. The van der Waals surface area contributed by atoms with Crippen LogP contribution in [0.5, 0.6) is 0 Å². The first kappa shape index (κ1) is 14.5. The zero-order chi connectivity index (χ0) is 13.3. The third-order valence-electron chi connectivity index (χ3n) is 4.26. The molecule has 2 rings (SSSR count). The van der Waals surface area contributed by atoms with E-state index in [0.29, 0.717) is 12.0 Å². The summed E-state index contributed by atoms with van der Waals surface area (Å²) in [6, 6.07) is 11.3. The summed E-state index contributed by atoms with van der Waals surface area (Å²) in [5.74, 6) is 0.439. The van der Waals surface area contributed by atoms with Crippen LogP contribution in [-0.2, 0) is 0 Å². The molecule has 1 aliphatic rings. The van der Waals surface area contributed by atoms with Gasteiger partial charge in [-0.05, 0) is 30.7 Å². The average Bonchev–Trinajstić information content (AvgIpc) is 2.73. The Kier molecular flexibility index (Phi) is 6.38. The number of hydrogen-bond donors (Lipinski definition) is 2. The molecule has 0 saturated heterocycles. The van der Waals surface area contributed by atoms with Gasteiger partial charge < -0.3 is 10.4 Å². The molecule has 1 aliphatic carbocycles. The van der Waals surface area contributed by atoms with Gasteiger partial charge in [-0.2, -0.15) is 0 Å². The number of aliphatic hydroxyl groups is 1. The molecule has 1 saturated carbocycles. The molecule has 0 bridgehead atoms. The van der Waals surface area contributed by atoms with Crippen molar-refractivity contribution in [1.29, 1.82) is 0 Å². The highest BCUT2D eigenvalue weighted by Gasteiger charge is 2.15. The Balaban J connectivity index is 1.86. The van der Waals surface area contributed by atoms with Gasteiger partial charge in [-0.1, -0.05) is 56.0 Å². The molecule has 0 heterocycles. The molecule has 2 nitrogen and oxygen atoms in total. The molecule has 1 aromatic rings. The number of benzene rings is 1. The van der Waals surface area contributed by atoms with Crippen molar-refractivity contribution in [2.24, 2.45) is 0 Å². The molecule has 106 valence electrons. The first-order valence-corrected chi connectivity index (χ1v) is 7.79. The molecule has 1 unspecified atom stereocenters. The quantitative estimate of drug-likeness (QED) is 0.769. The van der Waals surface area contributed by atoms with Crippen molar-refractivity contribution in [3.8, 4) is 0 Å². The SMILES string of the molecule is OCCC(CNC1CCCCCC1)c1ccccc1. The van der Waals surface area contributed by atoms with Gasteiger partial charge in [0.2, 0.25) is 0 Å². The van der Waals surface area contributed by atoms with E-state index in [1.165, 1.54) is 44.1 Å². The molecule has 0 spiro atoms. The lowest BCUT2D eigenvalue weighted by Gasteiger charge is -2.22. The second-order valence-electron chi connectivity index (χ2n) is 5.72. The topological polar surface area (TPSA) is 32.3 Å². The van der Waals surface area contributed by atoms with Crippen molar-refractivity contribution >= 4 is 0 Å². The fraction of sp³-hybridized carbons (Fsp3) is 0.647. The van der Waals surface area contributed by atoms with Crippen molar-refractivity contribution < 1.29 is 5.11 Å². The van der Waals surface area contributed by atoms with Gasteiger partial charge in [0.1, 0.15) is 0 Å². The van der Waals surface area contributed by atoms with Crippen LogP contribution in [0.25, 0.3) is 0 Å². The lowest BCUT2D eigenvalue weighted by Crippen LogP contribution is -2.32. The molecule has 0 aromatic heterocycles. The molecule has 0 aliphatic heterocycles. The summed E-state index contributed by atoms with van der Waals surface area (Å²) in [6.45, 7) is 1.27. The third kappa shape index (κ3) is 4.96. The Morgan fingerprint density at radius 3 is 2.37 bits per heavy atom. The van der Waals surface area contributed by atoms with Gasteiger partial charge in [0.25, 0.3) is 0 Å². The van der Waals surface area contributed by atoms with E-state index in [1.54, 1.807) is 0 Å². The molecule has 19 heavy (non-hydrogen) atoms. The first-order chi connectivity index (χ1) is 9.40. The van der Waals surface area contributed by atoms with Gasteiger partial charge in [0.05, 0.1) is 0 Å². The molecule has 0 amide bonds. The lowest BCUT2D eigenvalue weighted by atomic mass is 9.95. The lowest BCUT2D eigenvalue weighted by molar-refractivity contribution is 0.271. The zero-order valence-corrected chi connectivity index (χ0v) is 11.9. The van der Waals surface area contributed by atoms with Crippen LogP contribution in [-0.4, -0.2) is 24.3 Å². The highest BCUT2D eigenvalue weighted by Crippen LogP contribution is 2.21. The maximum atomic E-state index is 9.25. The van der Waals surface area contributed by atoms with Gasteiger partial charge in [0, 0.05) is 19.2 Å². The van der Waals surface area contributed by atoms with E-state index in [1.807, 2.05) is 0 Å². The number of rotatable bonds is 6. The smallest absolute Gasteiger partial charge is 0.0437 e. The summed E-state index contributed by atoms with van der Waals surface area (Å²) in [5, 5.41) is 13.0. The number of aliphatic hydroxyl groups excluding tert-OH is 1. The standard InChI is InChI=1S/C17H27NO/c19-13-12-16(15-8-4-3-5-9-15)14-18-17-10-6-1-2-7-11-17/h3-5,8-9,16-19H,1-2,6-7,10-14H2. The Labute approximate surface area is 117 Å². The first-order valence-electron chi connectivity index (χ1n) is 7.79. The van der Waals surface area contributed by atoms with Crippen LogP contribution in [0.3, 0.4) is 0 Å². The van der Waals surface area contributed by atoms with E-state index in [-0.39, 0.29) is 6.61 Å². The molecule has 2 N–H and O–H groups in total. The Hall–Kier alpha value is -0.860. The molecule has 1 fully saturated rings. The second-order valence-corrected chi connectivity index (χ2v) is 5.72. The maximum Gasteiger partial charge on any atom is 0.0437 e. The van der Waals surface area contributed by atoms with Gasteiger partial charge in [-0.3, -0.25) is 0 Å². The zero-order valence-electron chi connectivity index (χ0n) is 11.9. The van der Waals surface area contributed by atoms with Crippen LogP contribution in [0.2, 0.25) is 0 Å². The Morgan fingerprint density at radius 1 is 1.05 bits per heavy atom. The third-order valence-corrected chi connectivity index (χ3v) is 4.26. The van der Waals surface area contributed by atoms with Crippen LogP contribution in [0, 0.1) is 0 Å². The predicted molar refractivity (Wildman–Crippen MR) is 80.4 cm³/mol. The van der Waals surface area contributed by atoms with E-state index < -0.39 is 0 Å². The molecular weight excluding hydrogens is 234 g/mol. The largest absolute Gasteiger partial charge is 0.396 e. The summed E-state index contributed by atoms with van der Waals surface area (Å²) < 4.78 is 0. The minimum Gasteiger partial charge on any atom is -0.396 e. The molecule has 1 atom stereocenters. The van der Waals surface area contributed by atoms with Crippen LogP contribution in [0.1, 0.15) is 56.4 Å². The van der Waals surface area contributed by atoms with Crippen molar-refractivity contribution in [2.75, 3.05) is 13.2 Å². The fourth-order valence-electron chi connectivity index (χ4n) is 3.06. The summed E-state index contributed by atoms with van der Waals surface area (Å²) in [5.41, 5.74) is 1.35. The second kappa shape index (κ2) is 8.34. The van der Waals surface area contributed by atoms with Crippen LogP contribution >= 0.6 is 0 Å². The maximum absolute atomic E-state index is 9.25. The van der Waals surface area contributed by atoms with Crippen LogP contribution < -0.4 is 5.32 Å². The van der Waals surface area contributed by atoms with E-state index in [4.69, 9.17) is 0 Å². The minimum atomic E-state index is 0.270. The van der Waals surface area contributed by atoms with Crippen molar-refractivity contribution in [2.45, 2.75) is 56.9 Å². The highest BCUT2D eigenvalue weighted by molar-refractivity contribution is 5.19. The fourth-order valence-corrected chi connectivity index (χ4v) is 3.06. The van der Waals surface area contributed by atoms with Gasteiger partial charge >= 0.3 is 0 Å². The van der Waals surface area contributed by atoms with E-state index in [9.17, 15) is 5.11 Å². The molecule has 2 heteroatoms. The normalized spacial score (nSPS) is 19.0. The monoisotopic (exact) mass is 261 g/mol. The van der Waals surface area contributed by atoms with E-state index in [2.05, 4.69) is 35.6 Å². The number of nitrogens with one attached hydrogen (secondary N) is 1. The summed E-state index contributed by atoms with van der Waals surface area (Å²) in [4.78, 5) is 0. The van der Waals surface area contributed by atoms with Crippen molar-refractivity contribution in [3.63, 3.8) is 0 Å². The highest BCUT2D eigenvalue weighted by atomic mass is 16.3. The summed E-state index contributed by atoms with van der Waals surface area (Å²) in [7, 11) is 0. The van der Waals surface area contributed by atoms with Gasteiger partial charge in [0.15, 0.2) is 0 Å². The molecular formula is C17H27NO. The van der Waals surface area contributed by atoms with Crippen LogP contribution in [0.15, 0.2) is 30.3 Å². The number of hydrogen-bond acceptors (Lipinski definition) is 2. The summed E-state index contributed by atoms with van der Waals surface area (Å²) >= 11 is 0. The van der Waals surface area contributed by atoms with Crippen molar-refractivity contribution in [3.05, 3.63) is 35.9 Å². The molecule has 1 aromatic carbocycles. The van der Waals surface area contributed by atoms with Crippen LogP contribution in [0.4, 0.5) is 0 Å². The summed E-state index contributed by atoms with van der Waals surface area (Å²) in [6.07, 6.45) is 9.03. The Bertz CT molecular complexity index is 330. The average molecular weight is 261 g/mol. The van der Waals surface area contributed by atoms with E-state index in [0.717, 1.165) is 13.0 Å². The molecule has 0 radical (unpaired) electrons.